The standard InChI is InChI=1S/C7H5ClN2O/c8-6-3-5-1-2-10(11)7(5)9-4-6/h1-4,11H. The van der Waals surface area contributed by atoms with Crippen LogP contribution in [-0.4, -0.2) is 14.9 Å². The number of fused-ring (bicyclic) bond motifs is 1. The Labute approximate surface area is 67.8 Å². The smallest absolute Gasteiger partial charge is 0.175 e. The number of rotatable bonds is 0. The predicted octanol–water partition coefficient (Wildman–Crippen LogP) is 1.93. The SMILES string of the molecule is On1ccc2cc(Cl)cnc21. The maximum absolute atomic E-state index is 9.11. The molecule has 56 valence electrons. The predicted molar refractivity (Wildman–Crippen MR) is 41.9 cm³/mol. The zero-order valence-electron chi connectivity index (χ0n) is 5.53. The van der Waals surface area contributed by atoms with Crippen LogP contribution in [0.25, 0.3) is 11.0 Å². The molecule has 0 bridgehead atoms. The Morgan fingerprint density at radius 3 is 3.18 bits per heavy atom. The molecule has 11 heavy (non-hydrogen) atoms. The molecule has 0 aliphatic carbocycles. The average Bonchev–Trinajstić information content (AvgIpc) is 2.32. The summed E-state index contributed by atoms with van der Waals surface area (Å²) in [4.78, 5) is 3.92. The van der Waals surface area contributed by atoms with Gasteiger partial charge in [-0.15, -0.1) is 0 Å². The van der Waals surface area contributed by atoms with Crippen molar-refractivity contribution >= 4 is 22.6 Å². The Kier molecular flexibility index (Phi) is 1.26. The quantitative estimate of drug-likeness (QED) is 0.611. The van der Waals surface area contributed by atoms with Crippen molar-refractivity contribution in [3.63, 3.8) is 0 Å². The molecule has 0 aliphatic rings. The summed E-state index contributed by atoms with van der Waals surface area (Å²) in [6, 6.07) is 3.49. The third kappa shape index (κ3) is 0.935. The van der Waals surface area contributed by atoms with Gasteiger partial charge < -0.3 is 5.21 Å². The van der Waals surface area contributed by atoms with Crippen LogP contribution in [0, 0.1) is 0 Å². The minimum absolute atomic E-state index is 0.523. The van der Waals surface area contributed by atoms with Crippen molar-refractivity contribution in [2.24, 2.45) is 0 Å². The summed E-state index contributed by atoms with van der Waals surface area (Å²) in [5, 5.41) is 10.5. The lowest BCUT2D eigenvalue weighted by atomic mass is 10.3. The van der Waals surface area contributed by atoms with Crippen LogP contribution in [0.3, 0.4) is 0 Å². The number of hydrogen-bond acceptors (Lipinski definition) is 2. The van der Waals surface area contributed by atoms with Gasteiger partial charge in [-0.3, -0.25) is 0 Å². The van der Waals surface area contributed by atoms with Gasteiger partial charge in [-0.1, -0.05) is 11.6 Å². The summed E-state index contributed by atoms with van der Waals surface area (Å²) >= 11 is 5.67. The van der Waals surface area contributed by atoms with E-state index in [0.29, 0.717) is 10.7 Å². The van der Waals surface area contributed by atoms with Crippen LogP contribution >= 0.6 is 11.6 Å². The van der Waals surface area contributed by atoms with Gasteiger partial charge in [0.15, 0.2) is 5.65 Å². The van der Waals surface area contributed by atoms with Crippen LogP contribution in [0.4, 0.5) is 0 Å². The molecule has 0 saturated heterocycles. The molecule has 2 rings (SSSR count). The number of halogens is 1. The summed E-state index contributed by atoms with van der Waals surface area (Å²) in [6.07, 6.45) is 3.02. The molecule has 2 aromatic rings. The molecule has 2 aromatic heterocycles. The van der Waals surface area contributed by atoms with E-state index in [4.69, 9.17) is 16.8 Å². The summed E-state index contributed by atoms with van der Waals surface area (Å²) in [6.45, 7) is 0. The molecule has 0 amide bonds. The fraction of sp³-hybridized carbons (Fsp3) is 0. The van der Waals surface area contributed by atoms with Gasteiger partial charge in [-0.25, -0.2) is 4.98 Å². The van der Waals surface area contributed by atoms with E-state index in [0.717, 1.165) is 10.1 Å². The molecule has 3 nitrogen and oxygen atoms in total. The fourth-order valence-electron chi connectivity index (χ4n) is 0.983. The van der Waals surface area contributed by atoms with E-state index in [1.54, 1.807) is 12.1 Å². The normalized spacial score (nSPS) is 10.6. The minimum atomic E-state index is 0.523. The summed E-state index contributed by atoms with van der Waals surface area (Å²) < 4.78 is 0.964. The van der Waals surface area contributed by atoms with Crippen molar-refractivity contribution in [2.45, 2.75) is 0 Å². The lowest BCUT2D eigenvalue weighted by Gasteiger charge is -1.92. The van der Waals surface area contributed by atoms with Crippen molar-refractivity contribution in [3.05, 3.63) is 29.5 Å². The minimum Gasteiger partial charge on any atom is -0.427 e. The number of hydrogen-bond donors (Lipinski definition) is 1. The van der Waals surface area contributed by atoms with Crippen LogP contribution in [0.2, 0.25) is 5.02 Å². The van der Waals surface area contributed by atoms with Gasteiger partial charge in [0.2, 0.25) is 0 Å². The molecule has 0 fully saturated rings. The number of nitrogens with zero attached hydrogens (tertiary/aromatic N) is 2. The van der Waals surface area contributed by atoms with Crippen molar-refractivity contribution < 1.29 is 5.21 Å². The highest BCUT2D eigenvalue weighted by atomic mass is 35.5. The fourth-order valence-corrected chi connectivity index (χ4v) is 1.15. The molecule has 0 aromatic carbocycles. The first-order valence-electron chi connectivity index (χ1n) is 3.09. The molecule has 0 atom stereocenters. The van der Waals surface area contributed by atoms with Crippen molar-refractivity contribution in [2.75, 3.05) is 0 Å². The first kappa shape index (κ1) is 6.49. The summed E-state index contributed by atoms with van der Waals surface area (Å²) in [7, 11) is 0. The van der Waals surface area contributed by atoms with Crippen LogP contribution in [0.5, 0.6) is 0 Å². The summed E-state index contributed by atoms with van der Waals surface area (Å²) in [5.74, 6) is 0. The van der Waals surface area contributed by atoms with E-state index < -0.39 is 0 Å². The van der Waals surface area contributed by atoms with E-state index in [9.17, 15) is 0 Å². The van der Waals surface area contributed by atoms with E-state index in [2.05, 4.69) is 4.98 Å². The van der Waals surface area contributed by atoms with Gasteiger partial charge in [0, 0.05) is 17.8 Å². The van der Waals surface area contributed by atoms with Crippen LogP contribution in [0.15, 0.2) is 24.5 Å². The molecular weight excluding hydrogens is 164 g/mol. The molecule has 0 unspecified atom stereocenters. The zero-order chi connectivity index (χ0) is 7.84. The maximum Gasteiger partial charge on any atom is 0.175 e. The van der Waals surface area contributed by atoms with Gasteiger partial charge in [0.25, 0.3) is 0 Å². The Morgan fingerprint density at radius 1 is 1.55 bits per heavy atom. The van der Waals surface area contributed by atoms with Gasteiger partial charge in [0.1, 0.15) is 0 Å². The van der Waals surface area contributed by atoms with Gasteiger partial charge in [0.05, 0.1) is 5.02 Å². The molecule has 1 N–H and O–H groups in total. The van der Waals surface area contributed by atoms with Crippen LogP contribution < -0.4 is 0 Å². The molecule has 0 radical (unpaired) electrons. The van der Waals surface area contributed by atoms with Crippen molar-refractivity contribution in [1.82, 2.24) is 9.71 Å². The lowest BCUT2D eigenvalue weighted by molar-refractivity contribution is 0.198. The second kappa shape index (κ2) is 2.13. The molecule has 0 spiro atoms. The Morgan fingerprint density at radius 2 is 2.36 bits per heavy atom. The number of aromatic nitrogens is 2. The van der Waals surface area contributed by atoms with Gasteiger partial charge in [-0.05, 0) is 12.1 Å². The monoisotopic (exact) mass is 168 g/mol. The van der Waals surface area contributed by atoms with Crippen molar-refractivity contribution in [1.29, 1.82) is 0 Å². The maximum atomic E-state index is 9.11. The highest BCUT2D eigenvalue weighted by molar-refractivity contribution is 6.31. The molecule has 4 heteroatoms. The highest BCUT2D eigenvalue weighted by Gasteiger charge is 1.99. The third-order valence-corrected chi connectivity index (χ3v) is 1.68. The average molecular weight is 169 g/mol. The van der Waals surface area contributed by atoms with E-state index in [1.165, 1.54) is 12.4 Å². The van der Waals surface area contributed by atoms with E-state index in [-0.39, 0.29) is 0 Å². The van der Waals surface area contributed by atoms with E-state index >= 15 is 0 Å². The Balaban J connectivity index is 2.86. The largest absolute Gasteiger partial charge is 0.427 e. The van der Waals surface area contributed by atoms with Crippen LogP contribution in [0.1, 0.15) is 0 Å². The molecule has 0 saturated carbocycles. The lowest BCUT2D eigenvalue weighted by Crippen LogP contribution is -1.87. The van der Waals surface area contributed by atoms with Gasteiger partial charge in [-0.2, -0.15) is 4.73 Å². The van der Waals surface area contributed by atoms with Crippen molar-refractivity contribution in [3.8, 4) is 0 Å². The van der Waals surface area contributed by atoms with E-state index in [1.807, 2.05) is 0 Å². The zero-order valence-corrected chi connectivity index (χ0v) is 6.28. The Bertz CT molecular complexity index is 396. The molecular formula is C7H5ClN2O. The van der Waals surface area contributed by atoms with Crippen LogP contribution in [-0.2, 0) is 0 Å². The second-order valence-electron chi connectivity index (χ2n) is 2.23. The number of pyridine rings is 1. The Hall–Kier alpha value is -1.22. The first-order chi connectivity index (χ1) is 5.27. The highest BCUT2D eigenvalue weighted by Crippen LogP contribution is 2.16. The third-order valence-electron chi connectivity index (χ3n) is 1.47. The molecule has 2 heterocycles. The molecule has 0 aliphatic heterocycles. The summed E-state index contributed by atoms with van der Waals surface area (Å²) in [5.41, 5.74) is 0.523. The first-order valence-corrected chi connectivity index (χ1v) is 3.47. The topological polar surface area (TPSA) is 38.0 Å². The second-order valence-corrected chi connectivity index (χ2v) is 2.66. The van der Waals surface area contributed by atoms with Gasteiger partial charge >= 0.3 is 0 Å².